The molecule has 0 unspecified atom stereocenters. The highest BCUT2D eigenvalue weighted by atomic mass is 32.1. The number of carbonyl (C=O) groups excluding carboxylic acids is 2. The van der Waals surface area contributed by atoms with Crippen LogP contribution in [0.15, 0.2) is 72.8 Å². The van der Waals surface area contributed by atoms with Gasteiger partial charge >= 0.3 is 0 Å². The van der Waals surface area contributed by atoms with Crippen LogP contribution in [0.5, 0.6) is 5.75 Å². The normalized spacial score (nSPS) is 15.4. The van der Waals surface area contributed by atoms with Crippen molar-refractivity contribution < 1.29 is 14.3 Å². The molecule has 4 rings (SSSR count). The predicted octanol–water partition coefficient (Wildman–Crippen LogP) is 4.88. The number of methoxy groups -OCH3 is 1. The van der Waals surface area contributed by atoms with Crippen LogP contribution in [0.3, 0.4) is 0 Å². The molecule has 36 heavy (non-hydrogen) atoms. The largest absolute Gasteiger partial charge is 0.497 e. The summed E-state index contributed by atoms with van der Waals surface area (Å²) in [6.45, 7) is 4.89. The molecule has 0 spiro atoms. The van der Waals surface area contributed by atoms with E-state index in [2.05, 4.69) is 5.32 Å². The molecular formula is C29H31N3O3S. The number of thiocarbonyl (C=S) groups is 1. The second-order valence-electron chi connectivity index (χ2n) is 9.07. The van der Waals surface area contributed by atoms with Crippen LogP contribution in [-0.4, -0.2) is 46.4 Å². The number of amides is 2. The van der Waals surface area contributed by atoms with E-state index >= 15 is 0 Å². The van der Waals surface area contributed by atoms with Crippen LogP contribution in [0.4, 0.5) is 5.69 Å². The number of hydrogen-bond donors (Lipinski definition) is 1. The maximum Gasteiger partial charge on any atom is 0.252 e. The monoisotopic (exact) mass is 501 g/mol. The molecule has 1 aliphatic heterocycles. The van der Waals surface area contributed by atoms with E-state index in [0.29, 0.717) is 24.6 Å². The number of anilines is 1. The number of nitrogens with zero attached hydrogens (tertiary/aromatic N) is 2. The van der Waals surface area contributed by atoms with Gasteiger partial charge in [0.15, 0.2) is 5.11 Å². The number of ether oxygens (including phenoxy) is 1. The highest BCUT2D eigenvalue weighted by molar-refractivity contribution is 7.80. The lowest BCUT2D eigenvalue weighted by Crippen LogP contribution is -2.39. The molecule has 2 amide bonds. The summed E-state index contributed by atoms with van der Waals surface area (Å²) < 4.78 is 5.25. The molecule has 1 heterocycles. The van der Waals surface area contributed by atoms with E-state index < -0.39 is 6.04 Å². The maximum atomic E-state index is 13.5. The van der Waals surface area contributed by atoms with E-state index in [4.69, 9.17) is 17.0 Å². The third-order valence-corrected chi connectivity index (χ3v) is 6.88. The topological polar surface area (TPSA) is 61.9 Å². The maximum absolute atomic E-state index is 13.5. The summed E-state index contributed by atoms with van der Waals surface area (Å²) in [5.74, 6) is 0.439. The van der Waals surface area contributed by atoms with Crippen molar-refractivity contribution >= 4 is 34.8 Å². The Balaban J connectivity index is 1.51. The third-order valence-electron chi connectivity index (χ3n) is 6.42. The van der Waals surface area contributed by atoms with Crippen LogP contribution in [0.25, 0.3) is 0 Å². The first-order chi connectivity index (χ1) is 17.4. The van der Waals surface area contributed by atoms with Crippen molar-refractivity contribution in [3.8, 4) is 5.75 Å². The van der Waals surface area contributed by atoms with Crippen molar-refractivity contribution in [3.05, 3.63) is 95.1 Å². The quantitative estimate of drug-likeness (QED) is 0.424. The van der Waals surface area contributed by atoms with Crippen LogP contribution in [0.2, 0.25) is 0 Å². The minimum absolute atomic E-state index is 0.0280. The Morgan fingerprint density at radius 2 is 1.72 bits per heavy atom. The van der Waals surface area contributed by atoms with Gasteiger partial charge in [-0.05, 0) is 67.4 Å². The molecule has 1 N–H and O–H groups in total. The summed E-state index contributed by atoms with van der Waals surface area (Å²) in [6.07, 6.45) is 0.714. The van der Waals surface area contributed by atoms with Crippen molar-refractivity contribution in [2.45, 2.75) is 39.3 Å². The Morgan fingerprint density at radius 1 is 1.00 bits per heavy atom. The molecule has 1 atom stereocenters. The molecule has 0 aromatic heterocycles. The number of carbonyl (C=O) groups is 2. The number of rotatable bonds is 9. The van der Waals surface area contributed by atoms with Gasteiger partial charge in [-0.15, -0.1) is 0 Å². The Labute approximate surface area is 217 Å². The SMILES string of the molecule is COc1ccc(CCN2C(=S)N(Cc3ccccc3)C(=O)[C@H]2CC(=O)Nc2ccc(C)cc2C)cc1. The van der Waals surface area contributed by atoms with Crippen LogP contribution >= 0.6 is 12.2 Å². The highest BCUT2D eigenvalue weighted by Crippen LogP contribution is 2.25. The van der Waals surface area contributed by atoms with E-state index in [1.54, 1.807) is 12.0 Å². The minimum atomic E-state index is -0.648. The molecule has 1 saturated heterocycles. The number of hydrogen-bond acceptors (Lipinski definition) is 4. The van der Waals surface area contributed by atoms with Gasteiger partial charge in [0.2, 0.25) is 5.91 Å². The van der Waals surface area contributed by atoms with Gasteiger partial charge in [0.1, 0.15) is 11.8 Å². The third kappa shape index (κ3) is 5.91. The molecule has 1 fully saturated rings. The fourth-order valence-electron chi connectivity index (χ4n) is 4.43. The van der Waals surface area contributed by atoms with Crippen molar-refractivity contribution in [2.75, 3.05) is 19.0 Å². The fourth-order valence-corrected chi connectivity index (χ4v) is 4.80. The molecule has 6 nitrogen and oxygen atoms in total. The van der Waals surface area contributed by atoms with Gasteiger partial charge < -0.3 is 15.0 Å². The Kier molecular flexibility index (Phi) is 8.00. The van der Waals surface area contributed by atoms with Crippen LogP contribution in [0.1, 0.15) is 28.7 Å². The standard InChI is InChI=1S/C29H31N3O3S/c1-20-9-14-25(21(2)17-20)30-27(33)18-26-28(34)32(19-23-7-5-4-6-8-23)29(36)31(26)16-15-22-10-12-24(35-3)13-11-22/h4-14,17,26H,15-16,18-19H2,1-3H3,(H,30,33)/t26-/m1/s1. The molecule has 0 saturated carbocycles. The average molecular weight is 502 g/mol. The lowest BCUT2D eigenvalue weighted by molar-refractivity contribution is -0.131. The Bertz CT molecular complexity index is 1240. The molecule has 0 bridgehead atoms. The van der Waals surface area contributed by atoms with Crippen LogP contribution in [0, 0.1) is 13.8 Å². The molecular weight excluding hydrogens is 470 g/mol. The summed E-state index contributed by atoms with van der Waals surface area (Å²) in [5.41, 5.74) is 4.96. The average Bonchev–Trinajstić information content (AvgIpc) is 3.09. The fraction of sp³-hybridized carbons (Fsp3) is 0.276. The van der Waals surface area contributed by atoms with Gasteiger partial charge in [0, 0.05) is 12.2 Å². The summed E-state index contributed by atoms with van der Waals surface area (Å²) in [5, 5.41) is 3.44. The molecule has 1 aliphatic rings. The zero-order valence-corrected chi connectivity index (χ0v) is 21.7. The van der Waals surface area contributed by atoms with Crippen molar-refractivity contribution in [1.82, 2.24) is 9.80 Å². The first kappa shape index (κ1) is 25.4. The van der Waals surface area contributed by atoms with Gasteiger partial charge in [0.25, 0.3) is 5.91 Å². The zero-order chi connectivity index (χ0) is 25.7. The minimum Gasteiger partial charge on any atom is -0.497 e. The lowest BCUT2D eigenvalue weighted by atomic mass is 10.1. The first-order valence-electron chi connectivity index (χ1n) is 12.0. The van der Waals surface area contributed by atoms with Crippen LogP contribution in [-0.2, 0) is 22.6 Å². The highest BCUT2D eigenvalue weighted by Gasteiger charge is 2.43. The molecule has 3 aromatic rings. The summed E-state index contributed by atoms with van der Waals surface area (Å²) in [4.78, 5) is 30.1. The summed E-state index contributed by atoms with van der Waals surface area (Å²) in [6, 6.07) is 22.8. The lowest BCUT2D eigenvalue weighted by Gasteiger charge is -2.24. The van der Waals surface area contributed by atoms with E-state index in [0.717, 1.165) is 33.7 Å². The summed E-state index contributed by atoms with van der Waals surface area (Å²) >= 11 is 5.77. The van der Waals surface area contributed by atoms with Gasteiger partial charge in [-0.2, -0.15) is 0 Å². The van der Waals surface area contributed by atoms with Crippen molar-refractivity contribution in [2.24, 2.45) is 0 Å². The van der Waals surface area contributed by atoms with Crippen molar-refractivity contribution in [1.29, 1.82) is 0 Å². The van der Waals surface area contributed by atoms with Gasteiger partial charge in [0.05, 0.1) is 20.1 Å². The van der Waals surface area contributed by atoms with Gasteiger partial charge in [-0.3, -0.25) is 14.5 Å². The molecule has 3 aromatic carbocycles. The van der Waals surface area contributed by atoms with Crippen LogP contribution < -0.4 is 10.1 Å². The predicted molar refractivity (Wildman–Crippen MR) is 146 cm³/mol. The van der Waals surface area contributed by atoms with Crippen molar-refractivity contribution in [3.63, 3.8) is 0 Å². The zero-order valence-electron chi connectivity index (χ0n) is 20.9. The Hall–Kier alpha value is -3.71. The number of benzene rings is 3. The second-order valence-corrected chi connectivity index (χ2v) is 9.44. The summed E-state index contributed by atoms with van der Waals surface area (Å²) in [7, 11) is 1.64. The van der Waals surface area contributed by atoms with Gasteiger partial charge in [-0.25, -0.2) is 0 Å². The number of nitrogens with one attached hydrogen (secondary N) is 1. The first-order valence-corrected chi connectivity index (χ1v) is 12.4. The number of aryl methyl sites for hydroxylation is 2. The van der Waals surface area contributed by atoms with Gasteiger partial charge in [-0.1, -0.05) is 60.2 Å². The molecule has 0 aliphatic carbocycles. The molecule has 7 heteroatoms. The second kappa shape index (κ2) is 11.4. The molecule has 0 radical (unpaired) electrons. The Morgan fingerprint density at radius 3 is 2.39 bits per heavy atom. The van der Waals surface area contributed by atoms with E-state index in [1.165, 1.54) is 0 Å². The smallest absolute Gasteiger partial charge is 0.252 e. The molecule has 186 valence electrons. The van der Waals surface area contributed by atoms with E-state index in [-0.39, 0.29) is 18.2 Å². The van der Waals surface area contributed by atoms with E-state index in [1.807, 2.05) is 91.5 Å². The van der Waals surface area contributed by atoms with E-state index in [9.17, 15) is 9.59 Å².